The van der Waals surface area contributed by atoms with Gasteiger partial charge in [0.1, 0.15) is 24.5 Å². The van der Waals surface area contributed by atoms with Gasteiger partial charge < -0.3 is 23.9 Å². The van der Waals surface area contributed by atoms with Crippen LogP contribution < -0.4 is 14.8 Å². The first kappa shape index (κ1) is 17.4. The van der Waals surface area contributed by atoms with Crippen molar-refractivity contribution in [1.82, 2.24) is 5.32 Å². The molecule has 6 nitrogen and oxygen atoms in total. The van der Waals surface area contributed by atoms with Gasteiger partial charge in [-0.25, -0.2) is 4.79 Å². The number of nitrogens with one attached hydrogen (secondary N) is 1. The highest BCUT2D eigenvalue weighted by atomic mass is 16.6. The van der Waals surface area contributed by atoms with Crippen LogP contribution in [-0.2, 0) is 11.3 Å². The molecule has 6 heteroatoms. The molecular formula is C19H23NO5. The SMILES string of the molecule is COC(=O)c1ccoc1CNC(c1ccc2c(c1)OCCO2)C(C)C. The fourth-order valence-electron chi connectivity index (χ4n) is 2.96. The molecule has 0 saturated carbocycles. The minimum atomic E-state index is -0.397. The smallest absolute Gasteiger partial charge is 0.341 e. The molecule has 0 saturated heterocycles. The Labute approximate surface area is 147 Å². The number of rotatable bonds is 6. The third-order valence-corrected chi connectivity index (χ3v) is 4.23. The Morgan fingerprint density at radius 1 is 1.20 bits per heavy atom. The van der Waals surface area contributed by atoms with Crippen LogP contribution in [-0.4, -0.2) is 26.3 Å². The van der Waals surface area contributed by atoms with Gasteiger partial charge in [-0.05, 0) is 29.7 Å². The summed E-state index contributed by atoms with van der Waals surface area (Å²) in [4.78, 5) is 11.8. The third-order valence-electron chi connectivity index (χ3n) is 4.23. The molecule has 1 aromatic carbocycles. The summed E-state index contributed by atoms with van der Waals surface area (Å²) >= 11 is 0. The molecule has 1 aliphatic rings. The van der Waals surface area contributed by atoms with Crippen molar-refractivity contribution < 1.29 is 23.4 Å². The number of ether oxygens (including phenoxy) is 3. The highest BCUT2D eigenvalue weighted by Crippen LogP contribution is 2.34. The monoisotopic (exact) mass is 345 g/mol. The quantitative estimate of drug-likeness (QED) is 0.810. The summed E-state index contributed by atoms with van der Waals surface area (Å²) in [7, 11) is 1.36. The number of fused-ring (bicyclic) bond motifs is 1. The van der Waals surface area contributed by atoms with Gasteiger partial charge in [0.15, 0.2) is 11.5 Å². The van der Waals surface area contributed by atoms with E-state index in [-0.39, 0.29) is 6.04 Å². The molecule has 0 aliphatic carbocycles. The maximum atomic E-state index is 11.8. The van der Waals surface area contributed by atoms with E-state index in [0.717, 1.165) is 17.1 Å². The Balaban J connectivity index is 1.76. The molecule has 1 unspecified atom stereocenters. The molecule has 25 heavy (non-hydrogen) atoms. The molecule has 2 aromatic rings. The van der Waals surface area contributed by atoms with Gasteiger partial charge in [0.25, 0.3) is 0 Å². The van der Waals surface area contributed by atoms with Crippen LogP contribution in [0.4, 0.5) is 0 Å². The van der Waals surface area contributed by atoms with Gasteiger partial charge in [-0.2, -0.15) is 0 Å². The maximum Gasteiger partial charge on any atom is 0.341 e. The van der Waals surface area contributed by atoms with E-state index in [9.17, 15) is 4.79 Å². The van der Waals surface area contributed by atoms with Crippen molar-refractivity contribution >= 4 is 5.97 Å². The number of esters is 1. The highest BCUT2D eigenvalue weighted by Gasteiger charge is 2.21. The Bertz CT molecular complexity index is 737. The van der Waals surface area contributed by atoms with Gasteiger partial charge >= 0.3 is 5.97 Å². The lowest BCUT2D eigenvalue weighted by Gasteiger charge is -2.25. The average Bonchev–Trinajstić information content (AvgIpc) is 3.09. The molecule has 1 aliphatic heterocycles. The number of furan rings is 1. The van der Waals surface area contributed by atoms with E-state index in [1.807, 2.05) is 18.2 Å². The van der Waals surface area contributed by atoms with Crippen molar-refractivity contribution in [3.63, 3.8) is 0 Å². The van der Waals surface area contributed by atoms with Crippen LogP contribution in [0.2, 0.25) is 0 Å². The lowest BCUT2D eigenvalue weighted by Crippen LogP contribution is -2.26. The molecule has 0 amide bonds. The summed E-state index contributed by atoms with van der Waals surface area (Å²) in [5.41, 5.74) is 1.55. The van der Waals surface area contributed by atoms with Crippen LogP contribution in [0.15, 0.2) is 34.9 Å². The molecule has 1 aromatic heterocycles. The van der Waals surface area contributed by atoms with Crippen molar-refractivity contribution in [2.24, 2.45) is 5.92 Å². The van der Waals surface area contributed by atoms with E-state index in [4.69, 9.17) is 18.6 Å². The number of hydrogen-bond donors (Lipinski definition) is 1. The first-order chi connectivity index (χ1) is 12.1. The van der Waals surface area contributed by atoms with Crippen LogP contribution in [0.3, 0.4) is 0 Å². The normalized spacial score (nSPS) is 14.4. The molecule has 1 N–H and O–H groups in total. The second-order valence-corrected chi connectivity index (χ2v) is 6.25. The molecule has 134 valence electrons. The van der Waals surface area contributed by atoms with Gasteiger partial charge in [-0.1, -0.05) is 19.9 Å². The first-order valence-electron chi connectivity index (χ1n) is 8.37. The number of carbonyl (C=O) groups is 1. The highest BCUT2D eigenvalue weighted by molar-refractivity contribution is 5.90. The van der Waals surface area contributed by atoms with E-state index < -0.39 is 5.97 Å². The predicted molar refractivity (Wildman–Crippen MR) is 91.9 cm³/mol. The number of hydrogen-bond acceptors (Lipinski definition) is 6. The minimum absolute atomic E-state index is 0.0754. The van der Waals surface area contributed by atoms with Crippen LogP contribution in [0, 0.1) is 5.92 Å². The summed E-state index contributed by atoms with van der Waals surface area (Å²) in [6.07, 6.45) is 1.50. The van der Waals surface area contributed by atoms with Crippen LogP contribution in [0.5, 0.6) is 11.5 Å². The lowest BCUT2D eigenvalue weighted by molar-refractivity contribution is 0.0598. The Morgan fingerprint density at radius 2 is 1.96 bits per heavy atom. The van der Waals surface area contributed by atoms with E-state index in [1.54, 1.807) is 6.07 Å². The summed E-state index contributed by atoms with van der Waals surface area (Å²) in [5, 5.41) is 3.47. The number of methoxy groups -OCH3 is 1. The first-order valence-corrected chi connectivity index (χ1v) is 8.37. The fraction of sp³-hybridized carbons (Fsp3) is 0.421. The molecule has 0 spiro atoms. The van der Waals surface area contributed by atoms with Gasteiger partial charge in [0.05, 0.1) is 19.9 Å². The zero-order valence-electron chi connectivity index (χ0n) is 14.7. The molecular weight excluding hydrogens is 322 g/mol. The minimum Gasteiger partial charge on any atom is -0.486 e. The Hall–Kier alpha value is -2.47. The topological polar surface area (TPSA) is 69.9 Å². The molecule has 3 rings (SSSR count). The maximum absolute atomic E-state index is 11.8. The Kier molecular flexibility index (Phi) is 5.28. The molecule has 1 atom stereocenters. The molecule has 2 heterocycles. The van der Waals surface area contributed by atoms with Crippen molar-refractivity contribution in [2.45, 2.75) is 26.4 Å². The lowest BCUT2D eigenvalue weighted by atomic mass is 9.95. The third kappa shape index (κ3) is 3.79. The molecule has 0 fully saturated rings. The van der Waals surface area contributed by atoms with E-state index >= 15 is 0 Å². The second kappa shape index (κ2) is 7.61. The van der Waals surface area contributed by atoms with Gasteiger partial charge in [0, 0.05) is 6.04 Å². The van der Waals surface area contributed by atoms with Gasteiger partial charge in [0.2, 0.25) is 0 Å². The van der Waals surface area contributed by atoms with Crippen molar-refractivity contribution in [1.29, 1.82) is 0 Å². The fourth-order valence-corrected chi connectivity index (χ4v) is 2.96. The zero-order valence-corrected chi connectivity index (χ0v) is 14.7. The summed E-state index contributed by atoms with van der Waals surface area (Å²) in [6.45, 7) is 5.84. The van der Waals surface area contributed by atoms with Crippen LogP contribution in [0.25, 0.3) is 0 Å². The van der Waals surface area contributed by atoms with Gasteiger partial charge in [-0.15, -0.1) is 0 Å². The second-order valence-electron chi connectivity index (χ2n) is 6.25. The van der Waals surface area contributed by atoms with E-state index in [2.05, 4.69) is 19.2 Å². The summed E-state index contributed by atoms with van der Waals surface area (Å²) in [6, 6.07) is 7.68. The van der Waals surface area contributed by atoms with E-state index in [1.165, 1.54) is 13.4 Å². The summed E-state index contributed by atoms with van der Waals surface area (Å²) in [5.74, 6) is 2.04. The van der Waals surface area contributed by atoms with Crippen molar-refractivity contribution in [2.75, 3.05) is 20.3 Å². The number of benzene rings is 1. The standard InChI is InChI=1S/C19H23NO5/c1-12(2)18(13-4-5-15-16(10-13)25-9-8-24-15)20-11-17-14(6-7-23-17)19(21)22-3/h4-7,10,12,18,20H,8-9,11H2,1-3H3. The van der Waals surface area contributed by atoms with Crippen molar-refractivity contribution in [3.05, 3.63) is 47.4 Å². The summed E-state index contributed by atoms with van der Waals surface area (Å²) < 4.78 is 21.5. The predicted octanol–water partition coefficient (Wildman–Crippen LogP) is 3.32. The largest absolute Gasteiger partial charge is 0.486 e. The van der Waals surface area contributed by atoms with E-state index in [0.29, 0.717) is 37.0 Å². The van der Waals surface area contributed by atoms with Crippen LogP contribution in [0.1, 0.15) is 41.6 Å². The number of carbonyl (C=O) groups excluding carboxylic acids is 1. The van der Waals surface area contributed by atoms with Gasteiger partial charge in [-0.3, -0.25) is 0 Å². The van der Waals surface area contributed by atoms with Crippen LogP contribution >= 0.6 is 0 Å². The zero-order chi connectivity index (χ0) is 17.8. The molecule has 0 bridgehead atoms. The average molecular weight is 345 g/mol. The van der Waals surface area contributed by atoms with Crippen molar-refractivity contribution in [3.8, 4) is 11.5 Å². The molecule has 0 radical (unpaired) electrons. The Morgan fingerprint density at radius 3 is 2.68 bits per heavy atom.